The molecule has 0 spiro atoms. The van der Waals surface area contributed by atoms with Crippen LogP contribution >= 0.6 is 0 Å². The van der Waals surface area contributed by atoms with E-state index in [0.29, 0.717) is 5.56 Å². The van der Waals surface area contributed by atoms with Crippen LogP contribution in [0.4, 0.5) is 3.89 Å². The molecular weight excluding hydrogens is 243 g/mol. The zero-order chi connectivity index (χ0) is 12.7. The van der Waals surface area contributed by atoms with Gasteiger partial charge in [-0.05, 0) is 43.9 Å². The minimum atomic E-state index is -4.47. The first kappa shape index (κ1) is 12.4. The van der Waals surface area contributed by atoms with E-state index in [-0.39, 0.29) is 5.60 Å². The van der Waals surface area contributed by atoms with Gasteiger partial charge >= 0.3 is 10.2 Å². The number of ether oxygens (including phenoxy) is 1. The summed E-state index contributed by atoms with van der Waals surface area (Å²) in [5.74, 6) is 0.199. The van der Waals surface area contributed by atoms with Crippen molar-refractivity contribution >= 4 is 10.2 Å². The van der Waals surface area contributed by atoms with E-state index in [1.807, 2.05) is 13.8 Å². The van der Waals surface area contributed by atoms with Gasteiger partial charge in [0.05, 0.1) is 0 Å². The van der Waals surface area contributed by atoms with E-state index in [4.69, 9.17) is 4.74 Å². The number of rotatable bonds is 2. The molecule has 0 aromatic heterocycles. The molecule has 1 aromatic carbocycles. The van der Waals surface area contributed by atoms with Gasteiger partial charge in [0, 0.05) is 0 Å². The standard InChI is InChI=1S/C12H15FO3S/c1-12(2)6-5-10-7-9(8-17(13,14)15)3-4-11(10)16-12/h3-4,7H,5-6,8H2,1-2H3. The van der Waals surface area contributed by atoms with Crippen LogP contribution in [0, 0.1) is 0 Å². The molecule has 94 valence electrons. The SMILES string of the molecule is CC1(C)CCc2cc(CS(=O)(=O)F)ccc2O1. The Balaban J connectivity index is 2.28. The summed E-state index contributed by atoms with van der Waals surface area (Å²) in [7, 11) is -4.47. The van der Waals surface area contributed by atoms with Crippen molar-refractivity contribution in [3.63, 3.8) is 0 Å². The molecule has 0 N–H and O–H groups in total. The number of fused-ring (bicyclic) bond motifs is 1. The Labute approximate surface area is 101 Å². The predicted octanol–water partition coefficient (Wildman–Crippen LogP) is 2.59. The monoisotopic (exact) mass is 258 g/mol. The van der Waals surface area contributed by atoms with Crippen LogP contribution < -0.4 is 4.74 Å². The van der Waals surface area contributed by atoms with Crippen LogP contribution in [-0.4, -0.2) is 14.0 Å². The minimum Gasteiger partial charge on any atom is -0.488 e. The average molecular weight is 258 g/mol. The lowest BCUT2D eigenvalue weighted by molar-refractivity contribution is 0.0846. The highest BCUT2D eigenvalue weighted by atomic mass is 32.3. The van der Waals surface area contributed by atoms with Crippen LogP contribution in [0.25, 0.3) is 0 Å². The number of benzene rings is 1. The molecule has 0 radical (unpaired) electrons. The zero-order valence-electron chi connectivity index (χ0n) is 9.86. The predicted molar refractivity (Wildman–Crippen MR) is 63.2 cm³/mol. The average Bonchev–Trinajstić information content (AvgIpc) is 2.15. The molecule has 1 aliphatic rings. The molecule has 5 heteroatoms. The lowest BCUT2D eigenvalue weighted by Gasteiger charge is -2.32. The van der Waals surface area contributed by atoms with Crippen molar-refractivity contribution in [3.8, 4) is 5.75 Å². The molecule has 0 atom stereocenters. The van der Waals surface area contributed by atoms with E-state index < -0.39 is 16.0 Å². The highest BCUT2D eigenvalue weighted by Crippen LogP contribution is 2.33. The molecule has 0 aliphatic carbocycles. The van der Waals surface area contributed by atoms with Gasteiger partial charge in [0.15, 0.2) is 0 Å². The van der Waals surface area contributed by atoms with E-state index in [1.54, 1.807) is 18.2 Å². The fourth-order valence-electron chi connectivity index (χ4n) is 2.00. The second-order valence-electron chi connectivity index (χ2n) is 4.99. The molecule has 1 heterocycles. The Hall–Kier alpha value is -1.10. The second-order valence-corrected chi connectivity index (χ2v) is 6.35. The third-order valence-corrected chi connectivity index (χ3v) is 3.52. The number of halogens is 1. The number of hydrogen-bond acceptors (Lipinski definition) is 3. The first-order valence-electron chi connectivity index (χ1n) is 5.48. The Morgan fingerprint density at radius 1 is 1.41 bits per heavy atom. The maximum absolute atomic E-state index is 12.6. The molecule has 1 aliphatic heterocycles. The molecular formula is C12H15FO3S. The normalized spacial score (nSPS) is 18.3. The van der Waals surface area contributed by atoms with Gasteiger partial charge in [-0.1, -0.05) is 12.1 Å². The van der Waals surface area contributed by atoms with Gasteiger partial charge in [-0.25, -0.2) is 0 Å². The fraction of sp³-hybridized carbons (Fsp3) is 0.500. The van der Waals surface area contributed by atoms with E-state index in [9.17, 15) is 12.3 Å². The van der Waals surface area contributed by atoms with Crippen molar-refractivity contribution in [1.82, 2.24) is 0 Å². The fourth-order valence-corrected chi connectivity index (χ4v) is 2.58. The van der Waals surface area contributed by atoms with E-state index in [1.165, 1.54) is 0 Å². The maximum Gasteiger partial charge on any atom is 0.306 e. The number of hydrogen-bond donors (Lipinski definition) is 0. The first-order chi connectivity index (χ1) is 7.75. The zero-order valence-corrected chi connectivity index (χ0v) is 10.7. The van der Waals surface area contributed by atoms with Crippen LogP contribution in [0.1, 0.15) is 31.4 Å². The lowest BCUT2D eigenvalue weighted by Crippen LogP contribution is -2.32. The molecule has 1 aromatic rings. The van der Waals surface area contributed by atoms with Crippen molar-refractivity contribution < 1.29 is 17.0 Å². The topological polar surface area (TPSA) is 43.4 Å². The third-order valence-electron chi connectivity index (χ3n) is 2.85. The summed E-state index contributed by atoms with van der Waals surface area (Å²) in [5.41, 5.74) is 1.22. The van der Waals surface area contributed by atoms with E-state index in [0.717, 1.165) is 24.2 Å². The van der Waals surface area contributed by atoms with Gasteiger partial charge in [0.1, 0.15) is 17.1 Å². The lowest BCUT2D eigenvalue weighted by atomic mass is 9.93. The van der Waals surface area contributed by atoms with Crippen molar-refractivity contribution in [2.75, 3.05) is 0 Å². The quantitative estimate of drug-likeness (QED) is 0.766. The molecule has 17 heavy (non-hydrogen) atoms. The molecule has 0 bridgehead atoms. The summed E-state index contributed by atoms with van der Waals surface area (Å²) in [4.78, 5) is 0. The Bertz CT molecular complexity index is 535. The van der Waals surface area contributed by atoms with E-state index in [2.05, 4.69) is 0 Å². The second kappa shape index (κ2) is 3.98. The first-order valence-corrected chi connectivity index (χ1v) is 7.04. The molecule has 3 nitrogen and oxygen atoms in total. The van der Waals surface area contributed by atoms with Gasteiger partial charge in [0.2, 0.25) is 0 Å². The summed E-state index contributed by atoms with van der Waals surface area (Å²) >= 11 is 0. The van der Waals surface area contributed by atoms with Gasteiger partial charge in [0.25, 0.3) is 0 Å². The largest absolute Gasteiger partial charge is 0.488 e. The molecule has 0 saturated heterocycles. The Morgan fingerprint density at radius 2 is 2.12 bits per heavy atom. The van der Waals surface area contributed by atoms with Gasteiger partial charge in [-0.2, -0.15) is 8.42 Å². The van der Waals surface area contributed by atoms with Gasteiger partial charge < -0.3 is 4.74 Å². The van der Waals surface area contributed by atoms with Gasteiger partial charge in [-0.15, -0.1) is 3.89 Å². The summed E-state index contributed by atoms with van der Waals surface area (Å²) in [6.45, 7) is 4.02. The number of aryl methyl sites for hydroxylation is 1. The van der Waals surface area contributed by atoms with E-state index >= 15 is 0 Å². The maximum atomic E-state index is 12.6. The van der Waals surface area contributed by atoms with Crippen molar-refractivity contribution in [1.29, 1.82) is 0 Å². The molecule has 0 amide bonds. The van der Waals surface area contributed by atoms with Crippen LogP contribution in [0.3, 0.4) is 0 Å². The smallest absolute Gasteiger partial charge is 0.306 e. The summed E-state index contributed by atoms with van der Waals surface area (Å²) in [6, 6.07) is 5.02. The summed E-state index contributed by atoms with van der Waals surface area (Å²) in [5, 5.41) is 0. The van der Waals surface area contributed by atoms with Crippen molar-refractivity contribution in [2.24, 2.45) is 0 Å². The molecule has 0 saturated carbocycles. The highest BCUT2D eigenvalue weighted by molar-refractivity contribution is 7.85. The van der Waals surface area contributed by atoms with Crippen LogP contribution in [0.2, 0.25) is 0 Å². The Morgan fingerprint density at radius 3 is 2.76 bits per heavy atom. The van der Waals surface area contributed by atoms with Crippen LogP contribution in [0.5, 0.6) is 5.75 Å². The summed E-state index contributed by atoms with van der Waals surface area (Å²) < 4.78 is 39.5. The minimum absolute atomic E-state index is 0.194. The molecule has 0 unspecified atom stereocenters. The van der Waals surface area contributed by atoms with Crippen LogP contribution in [-0.2, 0) is 22.4 Å². The molecule has 2 rings (SSSR count). The Kier molecular flexibility index (Phi) is 2.89. The van der Waals surface area contributed by atoms with Crippen molar-refractivity contribution in [2.45, 2.75) is 38.0 Å². The highest BCUT2D eigenvalue weighted by Gasteiger charge is 2.26. The molecule has 0 fully saturated rings. The van der Waals surface area contributed by atoms with Gasteiger partial charge in [-0.3, -0.25) is 0 Å². The van der Waals surface area contributed by atoms with Crippen LogP contribution in [0.15, 0.2) is 18.2 Å². The summed E-state index contributed by atoms with van der Waals surface area (Å²) in [6.07, 6.45) is 1.69. The van der Waals surface area contributed by atoms with Crippen molar-refractivity contribution in [3.05, 3.63) is 29.3 Å². The third kappa shape index (κ3) is 3.19.